The summed E-state index contributed by atoms with van der Waals surface area (Å²) in [6.07, 6.45) is 0. The molecule has 0 aliphatic heterocycles. The van der Waals surface area contributed by atoms with Gasteiger partial charge in [-0.25, -0.2) is 0 Å². The van der Waals surface area contributed by atoms with E-state index in [-0.39, 0.29) is 17.7 Å². The van der Waals surface area contributed by atoms with Gasteiger partial charge in [0.1, 0.15) is 5.75 Å². The van der Waals surface area contributed by atoms with Crippen LogP contribution in [0.1, 0.15) is 17.3 Å². The highest BCUT2D eigenvalue weighted by Gasteiger charge is 2.08. The van der Waals surface area contributed by atoms with Gasteiger partial charge in [0.05, 0.1) is 0 Å². The van der Waals surface area contributed by atoms with Crippen molar-refractivity contribution < 1.29 is 9.90 Å². The van der Waals surface area contributed by atoms with Gasteiger partial charge in [0, 0.05) is 18.2 Å². The van der Waals surface area contributed by atoms with E-state index in [9.17, 15) is 4.79 Å². The highest BCUT2D eigenvalue weighted by atomic mass is 16.3. The molecule has 4 nitrogen and oxygen atoms in total. The number of phenolic OH excluding ortho intramolecular Hbond substituents is 1. The summed E-state index contributed by atoms with van der Waals surface area (Å²) in [6.45, 7) is 2.21. The van der Waals surface area contributed by atoms with Crippen molar-refractivity contribution in [1.82, 2.24) is 5.32 Å². The molecule has 0 aliphatic carbocycles. The molecule has 0 heterocycles. The Labute approximate surface area is 82.7 Å². The second-order valence-electron chi connectivity index (χ2n) is 3.16. The lowest BCUT2D eigenvalue weighted by atomic mass is 10.2. The summed E-state index contributed by atoms with van der Waals surface area (Å²) < 4.78 is 0. The van der Waals surface area contributed by atoms with Crippen LogP contribution >= 0.6 is 0 Å². The molecule has 1 amide bonds. The van der Waals surface area contributed by atoms with E-state index in [4.69, 9.17) is 10.8 Å². The number of hydrogen-bond acceptors (Lipinski definition) is 3. The first-order chi connectivity index (χ1) is 6.63. The number of rotatable bonds is 3. The molecule has 4 heteroatoms. The largest absolute Gasteiger partial charge is 0.508 e. The third kappa shape index (κ3) is 2.74. The van der Waals surface area contributed by atoms with Gasteiger partial charge in [-0.3, -0.25) is 4.79 Å². The van der Waals surface area contributed by atoms with Gasteiger partial charge in [0.25, 0.3) is 5.91 Å². The third-order valence-corrected chi connectivity index (χ3v) is 1.84. The second-order valence-corrected chi connectivity index (χ2v) is 3.16. The number of hydrogen-bond donors (Lipinski definition) is 3. The van der Waals surface area contributed by atoms with E-state index in [1.54, 1.807) is 12.1 Å². The summed E-state index contributed by atoms with van der Waals surface area (Å²) in [5, 5.41) is 11.8. The summed E-state index contributed by atoms with van der Waals surface area (Å²) in [5.41, 5.74) is 5.80. The maximum atomic E-state index is 11.5. The Morgan fingerprint density at radius 3 is 2.93 bits per heavy atom. The van der Waals surface area contributed by atoms with Crippen molar-refractivity contribution in [3.05, 3.63) is 29.8 Å². The zero-order valence-electron chi connectivity index (χ0n) is 8.03. The van der Waals surface area contributed by atoms with Gasteiger partial charge in [-0.1, -0.05) is 6.07 Å². The van der Waals surface area contributed by atoms with Crippen LogP contribution in [0.25, 0.3) is 0 Å². The molecular formula is C10H14N2O2. The minimum Gasteiger partial charge on any atom is -0.508 e. The topological polar surface area (TPSA) is 75.3 Å². The Hall–Kier alpha value is -1.55. The fraction of sp³-hybridized carbons (Fsp3) is 0.300. The van der Waals surface area contributed by atoms with Crippen LogP contribution in [-0.2, 0) is 0 Å². The fourth-order valence-corrected chi connectivity index (χ4v) is 1.01. The fourth-order valence-electron chi connectivity index (χ4n) is 1.01. The lowest BCUT2D eigenvalue weighted by Gasteiger charge is -2.10. The maximum Gasteiger partial charge on any atom is 0.251 e. The van der Waals surface area contributed by atoms with Crippen LogP contribution in [-0.4, -0.2) is 23.6 Å². The SMILES string of the molecule is C[C@H](CN)NC(=O)c1cccc(O)c1. The van der Waals surface area contributed by atoms with E-state index in [0.29, 0.717) is 12.1 Å². The van der Waals surface area contributed by atoms with E-state index in [0.717, 1.165) is 0 Å². The van der Waals surface area contributed by atoms with Gasteiger partial charge in [-0.05, 0) is 25.1 Å². The Morgan fingerprint density at radius 2 is 2.36 bits per heavy atom. The van der Waals surface area contributed by atoms with E-state index in [1.807, 2.05) is 6.92 Å². The van der Waals surface area contributed by atoms with Gasteiger partial charge in [-0.2, -0.15) is 0 Å². The first kappa shape index (κ1) is 10.5. The predicted molar refractivity (Wildman–Crippen MR) is 54.1 cm³/mol. The molecule has 0 saturated heterocycles. The first-order valence-corrected chi connectivity index (χ1v) is 4.43. The zero-order valence-corrected chi connectivity index (χ0v) is 8.03. The smallest absolute Gasteiger partial charge is 0.251 e. The summed E-state index contributed by atoms with van der Waals surface area (Å²) in [7, 11) is 0. The summed E-state index contributed by atoms with van der Waals surface area (Å²) in [5.74, 6) is -0.142. The molecule has 1 aromatic rings. The van der Waals surface area contributed by atoms with Crippen LogP contribution < -0.4 is 11.1 Å². The average molecular weight is 194 g/mol. The van der Waals surface area contributed by atoms with Gasteiger partial charge in [0.2, 0.25) is 0 Å². The molecule has 0 saturated carbocycles. The molecule has 0 spiro atoms. The van der Waals surface area contributed by atoms with E-state index in [1.165, 1.54) is 12.1 Å². The molecule has 4 N–H and O–H groups in total. The normalized spacial score (nSPS) is 12.1. The molecule has 0 unspecified atom stereocenters. The van der Waals surface area contributed by atoms with Gasteiger partial charge in [-0.15, -0.1) is 0 Å². The molecule has 0 aliphatic rings. The number of carbonyl (C=O) groups is 1. The van der Waals surface area contributed by atoms with Crippen LogP contribution in [0, 0.1) is 0 Å². The summed E-state index contributed by atoms with van der Waals surface area (Å²) >= 11 is 0. The minimum atomic E-state index is -0.223. The average Bonchev–Trinajstić information content (AvgIpc) is 2.17. The van der Waals surface area contributed by atoms with Crippen LogP contribution in [0.4, 0.5) is 0 Å². The third-order valence-electron chi connectivity index (χ3n) is 1.84. The Bertz CT molecular complexity index is 326. The van der Waals surface area contributed by atoms with E-state index < -0.39 is 0 Å². The molecular weight excluding hydrogens is 180 g/mol. The maximum absolute atomic E-state index is 11.5. The zero-order chi connectivity index (χ0) is 10.6. The number of amides is 1. The highest BCUT2D eigenvalue weighted by molar-refractivity contribution is 5.94. The second kappa shape index (κ2) is 4.62. The monoisotopic (exact) mass is 194 g/mol. The molecule has 76 valence electrons. The van der Waals surface area contributed by atoms with Gasteiger partial charge < -0.3 is 16.2 Å². The van der Waals surface area contributed by atoms with Crippen molar-refractivity contribution in [1.29, 1.82) is 0 Å². The molecule has 0 fully saturated rings. The van der Waals surface area contributed by atoms with Crippen LogP contribution in [0.2, 0.25) is 0 Å². The minimum absolute atomic E-state index is 0.0650. The quantitative estimate of drug-likeness (QED) is 0.654. The predicted octanol–water partition coefficient (Wildman–Crippen LogP) is 0.469. The molecule has 0 bridgehead atoms. The van der Waals surface area contributed by atoms with Gasteiger partial charge in [0.15, 0.2) is 0 Å². The molecule has 1 aromatic carbocycles. The summed E-state index contributed by atoms with van der Waals surface area (Å²) in [6, 6.07) is 6.13. The highest BCUT2D eigenvalue weighted by Crippen LogP contribution is 2.10. The molecule has 14 heavy (non-hydrogen) atoms. The molecule has 0 radical (unpaired) electrons. The number of phenols is 1. The van der Waals surface area contributed by atoms with Crippen molar-refractivity contribution >= 4 is 5.91 Å². The Morgan fingerprint density at radius 1 is 1.64 bits per heavy atom. The number of nitrogens with one attached hydrogen (secondary N) is 1. The number of aromatic hydroxyl groups is 1. The van der Waals surface area contributed by atoms with Crippen molar-refractivity contribution in [2.45, 2.75) is 13.0 Å². The number of carbonyl (C=O) groups excluding carboxylic acids is 1. The number of benzene rings is 1. The molecule has 0 aromatic heterocycles. The molecule has 1 rings (SSSR count). The van der Waals surface area contributed by atoms with Crippen LogP contribution in [0.15, 0.2) is 24.3 Å². The number of nitrogens with two attached hydrogens (primary N) is 1. The van der Waals surface area contributed by atoms with Crippen molar-refractivity contribution in [3.63, 3.8) is 0 Å². The van der Waals surface area contributed by atoms with E-state index in [2.05, 4.69) is 5.32 Å². The van der Waals surface area contributed by atoms with Crippen molar-refractivity contribution in [2.24, 2.45) is 5.73 Å². The Balaban J connectivity index is 2.70. The van der Waals surface area contributed by atoms with Crippen LogP contribution in [0.3, 0.4) is 0 Å². The first-order valence-electron chi connectivity index (χ1n) is 4.43. The lowest BCUT2D eigenvalue weighted by Crippen LogP contribution is -2.37. The summed E-state index contributed by atoms with van der Waals surface area (Å²) in [4.78, 5) is 11.5. The van der Waals surface area contributed by atoms with Crippen LogP contribution in [0.5, 0.6) is 5.75 Å². The van der Waals surface area contributed by atoms with Crippen molar-refractivity contribution in [3.8, 4) is 5.75 Å². The standard InChI is InChI=1S/C10H14N2O2/c1-7(6-11)12-10(14)8-3-2-4-9(13)5-8/h2-5,7,13H,6,11H2,1H3,(H,12,14)/t7-/m1/s1. The van der Waals surface area contributed by atoms with Gasteiger partial charge >= 0.3 is 0 Å². The molecule has 1 atom stereocenters. The van der Waals surface area contributed by atoms with Crippen molar-refractivity contribution in [2.75, 3.05) is 6.54 Å². The van der Waals surface area contributed by atoms with E-state index >= 15 is 0 Å². The lowest BCUT2D eigenvalue weighted by molar-refractivity contribution is 0.0941. The Kier molecular flexibility index (Phi) is 3.48.